The minimum absolute atomic E-state index is 0.0200. The highest BCUT2D eigenvalue weighted by molar-refractivity contribution is 7.80. The third kappa shape index (κ3) is 3.62. The fraction of sp³-hybridized carbons (Fsp3) is 0.267. The first kappa shape index (κ1) is 20.0. The Kier molecular flexibility index (Phi) is 5.49. The summed E-state index contributed by atoms with van der Waals surface area (Å²) in [5.41, 5.74) is 1.31. The van der Waals surface area contributed by atoms with Crippen LogP contribution in [0.25, 0.3) is 0 Å². The van der Waals surface area contributed by atoms with Gasteiger partial charge in [-0.3, -0.25) is 0 Å². The monoisotopic (exact) mass is 399 g/mol. The molecule has 0 amide bonds. The summed E-state index contributed by atoms with van der Waals surface area (Å²) in [7, 11) is 0. The first-order valence-electron chi connectivity index (χ1n) is 7.08. The Bertz CT molecular complexity index is 749. The summed E-state index contributed by atoms with van der Waals surface area (Å²) in [6.45, 7) is -0.646. The van der Waals surface area contributed by atoms with Crippen LogP contribution in [0.15, 0.2) is 30.5 Å². The fourth-order valence-electron chi connectivity index (χ4n) is 2.52. The predicted molar refractivity (Wildman–Crippen MR) is 83.7 cm³/mol. The highest BCUT2D eigenvalue weighted by Crippen LogP contribution is 2.37. The van der Waals surface area contributed by atoms with Crippen LogP contribution >= 0.6 is 12.2 Å². The van der Waals surface area contributed by atoms with Crippen LogP contribution in [0, 0.1) is 23.3 Å². The molecule has 11 heteroatoms. The quantitative estimate of drug-likeness (QED) is 0.463. The number of nitrogens with two attached hydrogens (primary N) is 1. The zero-order valence-corrected chi connectivity index (χ0v) is 13.7. The fourth-order valence-corrected chi connectivity index (χ4v) is 2.67. The topological polar surface area (TPSA) is 41.3 Å². The van der Waals surface area contributed by atoms with Gasteiger partial charge in [0.25, 0.3) is 0 Å². The molecule has 142 valence electrons. The van der Waals surface area contributed by atoms with Gasteiger partial charge in [-0.15, -0.1) is 0 Å². The van der Waals surface area contributed by atoms with Gasteiger partial charge in [0.1, 0.15) is 0 Å². The maximum atomic E-state index is 13.7. The van der Waals surface area contributed by atoms with Gasteiger partial charge in [-0.1, -0.05) is 6.08 Å². The maximum absolute atomic E-state index is 13.7. The molecular weight excluding hydrogens is 387 g/mol. The number of hydrogen-bond acceptors (Lipinski definition) is 2. The van der Waals surface area contributed by atoms with Crippen LogP contribution in [-0.2, 0) is 6.42 Å². The van der Waals surface area contributed by atoms with Gasteiger partial charge in [-0.25, -0.2) is 17.6 Å². The van der Waals surface area contributed by atoms with Crippen molar-refractivity contribution in [2.24, 2.45) is 5.73 Å². The average Bonchev–Trinajstić information content (AvgIpc) is 2.53. The van der Waals surface area contributed by atoms with Crippen LogP contribution in [0.3, 0.4) is 0 Å². The van der Waals surface area contributed by atoms with Crippen LogP contribution < -0.4 is 11.1 Å². The lowest BCUT2D eigenvalue weighted by molar-refractivity contribution is -0.213. The van der Waals surface area contributed by atoms with Crippen molar-refractivity contribution in [2.45, 2.75) is 18.3 Å². The summed E-state index contributed by atoms with van der Waals surface area (Å²) in [5, 5.41) is 1.24. The number of halogens is 7. The summed E-state index contributed by atoms with van der Waals surface area (Å²) in [4.78, 5) is 0.633. The van der Waals surface area contributed by atoms with E-state index in [4.69, 9.17) is 5.73 Å². The lowest BCUT2D eigenvalue weighted by Crippen LogP contribution is -2.68. The average molecular weight is 399 g/mol. The Balaban J connectivity index is 2.37. The molecule has 0 radical (unpaired) electrons. The van der Waals surface area contributed by atoms with Crippen LogP contribution in [-0.4, -0.2) is 28.4 Å². The minimum atomic E-state index is -4.93. The highest BCUT2D eigenvalue weighted by atomic mass is 32.1. The van der Waals surface area contributed by atoms with E-state index in [1.165, 1.54) is 6.08 Å². The smallest absolute Gasteiger partial charge is 0.376 e. The molecule has 3 N–H and O–H groups in total. The Morgan fingerprint density at radius 1 is 1.12 bits per heavy atom. The molecule has 1 heterocycles. The molecule has 2 rings (SSSR count). The molecule has 1 unspecified atom stereocenters. The van der Waals surface area contributed by atoms with Crippen molar-refractivity contribution in [3.8, 4) is 0 Å². The van der Waals surface area contributed by atoms with Gasteiger partial charge in [0, 0.05) is 24.4 Å². The second kappa shape index (κ2) is 7.14. The normalized spacial score (nSPS) is 19.7. The Hall–Kier alpha value is -2.30. The number of nitrogens with zero attached hydrogens (tertiary/aromatic N) is 1. The number of benzene rings is 1. The molecule has 0 bridgehead atoms. The lowest BCUT2D eigenvalue weighted by Gasteiger charge is -2.44. The zero-order chi connectivity index (χ0) is 19.7. The number of hydrogen-bond donors (Lipinski definition) is 2. The van der Waals surface area contributed by atoms with Crippen LogP contribution in [0.1, 0.15) is 5.56 Å². The van der Waals surface area contributed by atoms with E-state index in [0.717, 1.165) is 12.3 Å². The molecule has 0 saturated carbocycles. The standard InChI is InChI=1S/C15H12F7N3S/c16-9-7-10(17)12(19)8(11(9)18)3-6-25-5-2-1-4-14(25,15(20,21)22)24-13(23)26/h1-2,4-5,7H,3,6H2,(H3,23,24,26). The van der Waals surface area contributed by atoms with Crippen molar-refractivity contribution in [2.75, 3.05) is 6.54 Å². The zero-order valence-electron chi connectivity index (χ0n) is 12.9. The third-order valence-electron chi connectivity index (χ3n) is 3.72. The van der Waals surface area contributed by atoms with E-state index in [0.29, 0.717) is 11.0 Å². The number of nitrogens with one attached hydrogen (secondary N) is 1. The Labute approximate surface area is 148 Å². The Morgan fingerprint density at radius 2 is 1.69 bits per heavy atom. The number of rotatable bonds is 4. The van der Waals surface area contributed by atoms with Gasteiger partial charge in [-0.2, -0.15) is 13.2 Å². The summed E-state index contributed by atoms with van der Waals surface area (Å²) in [5.74, 6) is -6.62. The van der Waals surface area contributed by atoms with Crippen molar-refractivity contribution in [3.05, 3.63) is 59.3 Å². The van der Waals surface area contributed by atoms with Crippen molar-refractivity contribution < 1.29 is 30.7 Å². The van der Waals surface area contributed by atoms with Gasteiger partial charge in [0.15, 0.2) is 28.4 Å². The first-order valence-corrected chi connectivity index (χ1v) is 7.49. The molecule has 1 aliphatic heterocycles. The van der Waals surface area contributed by atoms with E-state index in [1.54, 1.807) is 0 Å². The van der Waals surface area contributed by atoms with E-state index < -0.39 is 58.7 Å². The SMILES string of the molecule is NC(=S)NC1(C(F)(F)F)C=CC=CN1CCc1c(F)c(F)cc(F)c1F. The largest absolute Gasteiger partial charge is 0.434 e. The van der Waals surface area contributed by atoms with Gasteiger partial charge in [0.05, 0.1) is 0 Å². The molecule has 0 aromatic heterocycles. The van der Waals surface area contributed by atoms with Crippen molar-refractivity contribution in [1.29, 1.82) is 0 Å². The molecule has 1 atom stereocenters. The van der Waals surface area contributed by atoms with E-state index in [2.05, 4.69) is 12.2 Å². The highest BCUT2D eigenvalue weighted by Gasteiger charge is 2.57. The number of allylic oxidation sites excluding steroid dienone is 2. The van der Waals surface area contributed by atoms with Crippen molar-refractivity contribution in [3.63, 3.8) is 0 Å². The van der Waals surface area contributed by atoms with Crippen LogP contribution in [0.2, 0.25) is 0 Å². The van der Waals surface area contributed by atoms with E-state index in [9.17, 15) is 30.7 Å². The molecule has 26 heavy (non-hydrogen) atoms. The summed E-state index contributed by atoms with van der Waals surface area (Å²) < 4.78 is 94.9. The van der Waals surface area contributed by atoms with Crippen molar-refractivity contribution in [1.82, 2.24) is 10.2 Å². The van der Waals surface area contributed by atoms with E-state index in [1.807, 2.05) is 5.32 Å². The summed E-state index contributed by atoms with van der Waals surface area (Å²) in [6, 6.07) is 0.0200. The molecule has 0 fully saturated rings. The molecule has 1 aromatic rings. The third-order valence-corrected chi connectivity index (χ3v) is 3.82. The van der Waals surface area contributed by atoms with Gasteiger partial charge >= 0.3 is 6.18 Å². The molecule has 0 spiro atoms. The number of alkyl halides is 3. The van der Waals surface area contributed by atoms with Gasteiger partial charge < -0.3 is 16.0 Å². The second-order valence-corrected chi connectivity index (χ2v) is 5.78. The molecular formula is C15H12F7N3S. The summed E-state index contributed by atoms with van der Waals surface area (Å²) in [6.07, 6.45) is -1.65. The molecule has 0 saturated heterocycles. The molecule has 0 aliphatic carbocycles. The molecule has 3 nitrogen and oxygen atoms in total. The molecule has 1 aromatic carbocycles. The van der Waals surface area contributed by atoms with E-state index in [-0.39, 0.29) is 6.07 Å². The molecule has 1 aliphatic rings. The van der Waals surface area contributed by atoms with Gasteiger partial charge in [-0.05, 0) is 30.8 Å². The minimum Gasteiger partial charge on any atom is -0.376 e. The van der Waals surface area contributed by atoms with Crippen LogP contribution in [0.5, 0.6) is 0 Å². The first-order chi connectivity index (χ1) is 12.0. The van der Waals surface area contributed by atoms with Gasteiger partial charge in [0.2, 0.25) is 5.66 Å². The second-order valence-electron chi connectivity index (χ2n) is 5.34. The van der Waals surface area contributed by atoms with Crippen molar-refractivity contribution >= 4 is 17.3 Å². The summed E-state index contributed by atoms with van der Waals surface area (Å²) >= 11 is 4.49. The van der Waals surface area contributed by atoms with E-state index >= 15 is 0 Å². The number of thiocarbonyl (C=S) groups is 1. The maximum Gasteiger partial charge on any atom is 0.434 e. The van der Waals surface area contributed by atoms with Crippen LogP contribution in [0.4, 0.5) is 30.7 Å². The lowest BCUT2D eigenvalue weighted by atomic mass is 10.0. The Morgan fingerprint density at radius 3 is 2.19 bits per heavy atom. The predicted octanol–water partition coefficient (Wildman–Crippen LogP) is 3.26.